The number of rotatable bonds is 4. The fraction of sp³-hybridized carbons (Fsp3) is 0.600. The van der Waals surface area contributed by atoms with E-state index in [0.29, 0.717) is 17.6 Å². The molecule has 2 aromatic rings. The molecular formula is C20H31N5O3. The number of carbonyl (C=O) groups is 1. The first-order chi connectivity index (χ1) is 13.8. The van der Waals surface area contributed by atoms with E-state index in [9.17, 15) is 4.79 Å². The lowest BCUT2D eigenvalue weighted by Crippen LogP contribution is -2.37. The van der Waals surface area contributed by atoms with Crippen LogP contribution in [0.15, 0.2) is 24.8 Å². The smallest absolute Gasteiger partial charge is 0.270 e. The van der Waals surface area contributed by atoms with Gasteiger partial charge in [0.15, 0.2) is 0 Å². The summed E-state index contributed by atoms with van der Waals surface area (Å²) in [5.41, 5.74) is 1.36. The van der Waals surface area contributed by atoms with Crippen LogP contribution in [0.5, 0.6) is 0 Å². The highest BCUT2D eigenvalue weighted by atomic mass is 16.5. The molecule has 1 aliphatic carbocycles. The minimum absolute atomic E-state index is 0. The maximum atomic E-state index is 12.8. The summed E-state index contributed by atoms with van der Waals surface area (Å²) in [7, 11) is 1.00. The molecule has 154 valence electrons. The number of nitrogens with one attached hydrogen (secondary N) is 1. The zero-order valence-electron chi connectivity index (χ0n) is 16.4. The van der Waals surface area contributed by atoms with Gasteiger partial charge in [-0.3, -0.25) is 9.36 Å². The third-order valence-electron chi connectivity index (χ3n) is 5.28. The van der Waals surface area contributed by atoms with Gasteiger partial charge in [-0.2, -0.15) is 0 Å². The SMILES string of the molecule is CO.O=C(NC1CCCCC1)c1cc(C2CCOCC2)nc(-n2ccnc2)n1.[HH]. The van der Waals surface area contributed by atoms with Gasteiger partial charge in [0.05, 0.1) is 5.69 Å². The van der Waals surface area contributed by atoms with Gasteiger partial charge in [-0.25, -0.2) is 15.0 Å². The molecule has 2 fully saturated rings. The number of nitrogens with zero attached hydrogens (tertiary/aromatic N) is 4. The van der Waals surface area contributed by atoms with Gasteiger partial charge >= 0.3 is 0 Å². The second kappa shape index (κ2) is 10.3. The summed E-state index contributed by atoms with van der Waals surface area (Å²) in [5.74, 6) is 0.699. The summed E-state index contributed by atoms with van der Waals surface area (Å²) in [5, 5.41) is 10.2. The Labute approximate surface area is 166 Å². The number of aromatic nitrogens is 4. The molecule has 3 heterocycles. The Kier molecular flexibility index (Phi) is 7.50. The van der Waals surface area contributed by atoms with Crippen LogP contribution >= 0.6 is 0 Å². The predicted octanol–water partition coefficient (Wildman–Crippen LogP) is 2.47. The summed E-state index contributed by atoms with van der Waals surface area (Å²) in [6.07, 6.45) is 12.7. The average Bonchev–Trinajstić information content (AvgIpc) is 3.31. The lowest BCUT2D eigenvalue weighted by Gasteiger charge is -2.24. The van der Waals surface area contributed by atoms with Crippen LogP contribution in [-0.4, -0.2) is 56.9 Å². The van der Waals surface area contributed by atoms with Crippen LogP contribution in [-0.2, 0) is 4.74 Å². The number of hydrogen-bond donors (Lipinski definition) is 2. The number of hydrogen-bond acceptors (Lipinski definition) is 6. The van der Waals surface area contributed by atoms with Crippen LogP contribution in [0.1, 0.15) is 68.5 Å². The van der Waals surface area contributed by atoms with E-state index in [-0.39, 0.29) is 13.4 Å². The van der Waals surface area contributed by atoms with Gasteiger partial charge in [0.1, 0.15) is 12.0 Å². The Balaban J connectivity index is 0.000000970. The largest absolute Gasteiger partial charge is 0.400 e. The van der Waals surface area contributed by atoms with Crippen LogP contribution in [0.3, 0.4) is 0 Å². The Morgan fingerprint density at radius 1 is 1.18 bits per heavy atom. The van der Waals surface area contributed by atoms with E-state index >= 15 is 0 Å². The molecule has 0 unspecified atom stereocenters. The predicted molar refractivity (Wildman–Crippen MR) is 107 cm³/mol. The lowest BCUT2D eigenvalue weighted by atomic mass is 9.95. The number of ether oxygens (including phenoxy) is 1. The third kappa shape index (κ3) is 5.14. The van der Waals surface area contributed by atoms with Gasteiger partial charge in [-0.15, -0.1) is 0 Å². The standard InChI is InChI=1S/C19H25N5O2.CH4O.H2/c25-18(21-15-4-2-1-3-5-15)17-12-16(14-6-10-26-11-7-14)22-19(23-17)24-9-8-20-13-24;1-2;/h8-9,12-15H,1-7,10-11H2,(H,21,25);2H,1H3;1H. The van der Waals surface area contributed by atoms with Gasteiger partial charge in [-0.05, 0) is 31.7 Å². The molecule has 1 amide bonds. The zero-order chi connectivity index (χ0) is 19.8. The Morgan fingerprint density at radius 2 is 1.93 bits per heavy atom. The molecule has 0 radical (unpaired) electrons. The molecule has 0 atom stereocenters. The van der Waals surface area contributed by atoms with Crippen molar-refractivity contribution in [2.45, 2.75) is 56.9 Å². The van der Waals surface area contributed by atoms with E-state index in [1.54, 1.807) is 23.3 Å². The Bertz CT molecular complexity index is 745. The quantitative estimate of drug-likeness (QED) is 0.833. The van der Waals surface area contributed by atoms with Crippen molar-refractivity contribution in [3.05, 3.63) is 36.2 Å². The summed E-state index contributed by atoms with van der Waals surface area (Å²) in [6.45, 7) is 1.47. The van der Waals surface area contributed by atoms with Crippen molar-refractivity contribution in [2.75, 3.05) is 20.3 Å². The van der Waals surface area contributed by atoms with Crippen LogP contribution < -0.4 is 5.32 Å². The van der Waals surface area contributed by atoms with E-state index in [0.717, 1.165) is 51.7 Å². The van der Waals surface area contributed by atoms with Crippen LogP contribution in [0, 0.1) is 0 Å². The Morgan fingerprint density at radius 3 is 2.61 bits per heavy atom. The number of amides is 1. The van der Waals surface area contributed by atoms with E-state index in [1.165, 1.54) is 19.3 Å². The fourth-order valence-electron chi connectivity index (χ4n) is 3.77. The topological polar surface area (TPSA) is 102 Å². The van der Waals surface area contributed by atoms with Crippen molar-refractivity contribution < 1.29 is 16.1 Å². The minimum Gasteiger partial charge on any atom is -0.400 e. The maximum Gasteiger partial charge on any atom is 0.270 e. The summed E-state index contributed by atoms with van der Waals surface area (Å²) >= 11 is 0. The number of carbonyl (C=O) groups excluding carboxylic acids is 1. The van der Waals surface area contributed by atoms with E-state index < -0.39 is 0 Å². The summed E-state index contributed by atoms with van der Waals surface area (Å²) in [6, 6.07) is 2.11. The van der Waals surface area contributed by atoms with E-state index in [4.69, 9.17) is 14.8 Å². The molecule has 2 aliphatic rings. The summed E-state index contributed by atoms with van der Waals surface area (Å²) < 4.78 is 7.21. The van der Waals surface area contributed by atoms with Crippen molar-refractivity contribution in [3.63, 3.8) is 0 Å². The molecule has 0 aromatic carbocycles. The van der Waals surface area contributed by atoms with E-state index in [1.807, 2.05) is 6.07 Å². The number of aliphatic hydroxyl groups is 1. The van der Waals surface area contributed by atoms with Gasteiger partial charge in [0, 0.05) is 46.1 Å². The first-order valence-corrected chi connectivity index (χ1v) is 10.0. The summed E-state index contributed by atoms with van der Waals surface area (Å²) in [4.78, 5) is 26.1. The molecular weight excluding hydrogens is 358 g/mol. The average molecular weight is 390 g/mol. The highest BCUT2D eigenvalue weighted by molar-refractivity contribution is 5.92. The van der Waals surface area contributed by atoms with Crippen molar-refractivity contribution in [1.82, 2.24) is 24.8 Å². The second-order valence-corrected chi connectivity index (χ2v) is 7.14. The molecule has 1 saturated heterocycles. The molecule has 1 saturated carbocycles. The zero-order valence-corrected chi connectivity index (χ0v) is 16.4. The van der Waals surface area contributed by atoms with Crippen molar-refractivity contribution in [1.29, 1.82) is 0 Å². The van der Waals surface area contributed by atoms with Crippen LogP contribution in [0.2, 0.25) is 0 Å². The highest BCUT2D eigenvalue weighted by Crippen LogP contribution is 2.26. The molecule has 0 bridgehead atoms. The minimum atomic E-state index is -0.103. The first-order valence-electron chi connectivity index (χ1n) is 10.0. The molecule has 4 rings (SSSR count). The third-order valence-corrected chi connectivity index (χ3v) is 5.28. The molecule has 28 heavy (non-hydrogen) atoms. The van der Waals surface area contributed by atoms with Gasteiger partial charge in [0.2, 0.25) is 5.95 Å². The van der Waals surface area contributed by atoms with Gasteiger partial charge < -0.3 is 15.2 Å². The van der Waals surface area contributed by atoms with Crippen LogP contribution in [0.25, 0.3) is 5.95 Å². The molecule has 1 aliphatic heterocycles. The van der Waals surface area contributed by atoms with E-state index in [2.05, 4.69) is 15.3 Å². The normalized spacial score (nSPS) is 18.2. The first kappa shape index (κ1) is 20.4. The molecule has 8 heteroatoms. The lowest BCUT2D eigenvalue weighted by molar-refractivity contribution is 0.0843. The van der Waals surface area contributed by atoms with Gasteiger partial charge in [0.25, 0.3) is 5.91 Å². The van der Waals surface area contributed by atoms with Crippen LogP contribution in [0.4, 0.5) is 0 Å². The monoisotopic (exact) mass is 389 g/mol. The fourth-order valence-corrected chi connectivity index (χ4v) is 3.77. The molecule has 8 nitrogen and oxygen atoms in total. The molecule has 2 N–H and O–H groups in total. The number of imidazole rings is 1. The highest BCUT2D eigenvalue weighted by Gasteiger charge is 2.23. The Hall–Kier alpha value is -2.32. The molecule has 2 aromatic heterocycles. The van der Waals surface area contributed by atoms with Crippen molar-refractivity contribution in [3.8, 4) is 5.95 Å². The van der Waals surface area contributed by atoms with Crippen molar-refractivity contribution in [2.24, 2.45) is 0 Å². The molecule has 0 spiro atoms. The number of aliphatic hydroxyl groups excluding tert-OH is 1. The van der Waals surface area contributed by atoms with Crippen molar-refractivity contribution >= 4 is 5.91 Å². The van der Waals surface area contributed by atoms with Gasteiger partial charge in [-0.1, -0.05) is 19.3 Å². The second-order valence-electron chi connectivity index (χ2n) is 7.14. The maximum absolute atomic E-state index is 12.8.